The van der Waals surface area contributed by atoms with Crippen LogP contribution in [0.25, 0.3) is 0 Å². The van der Waals surface area contributed by atoms with Gasteiger partial charge in [-0.05, 0) is 31.0 Å². The summed E-state index contributed by atoms with van der Waals surface area (Å²) in [5.74, 6) is -0.0439. The van der Waals surface area contributed by atoms with E-state index in [1.807, 2.05) is 24.3 Å². The smallest absolute Gasteiger partial charge is 0.315 e. The highest BCUT2D eigenvalue weighted by atomic mass is 79.9. The van der Waals surface area contributed by atoms with Crippen molar-refractivity contribution in [2.24, 2.45) is 0 Å². The molecule has 0 atom stereocenters. The van der Waals surface area contributed by atoms with E-state index < -0.39 is 0 Å². The number of nitrogens with zero attached hydrogens (tertiary/aromatic N) is 1. The summed E-state index contributed by atoms with van der Waals surface area (Å²) in [6.45, 7) is 2.40. The number of nitrogens with one attached hydrogen (secondary N) is 2. The van der Waals surface area contributed by atoms with Gasteiger partial charge >= 0.3 is 6.03 Å². The molecular weight excluding hydrogens is 358 g/mol. The molecule has 2 N–H and O–H groups in total. The van der Waals surface area contributed by atoms with Crippen LogP contribution in [0.3, 0.4) is 0 Å². The molecule has 6 heteroatoms. The zero-order valence-electron chi connectivity index (χ0n) is 13.5. The van der Waals surface area contributed by atoms with Gasteiger partial charge in [0.25, 0.3) is 0 Å². The average Bonchev–Trinajstić information content (AvgIpc) is 2.52. The van der Waals surface area contributed by atoms with E-state index in [0.717, 1.165) is 23.0 Å². The SMILES string of the molecule is CC(=O)N(CCNC(=O)NC1CCCCC1)c1cccc(Br)c1. The second kappa shape index (κ2) is 8.91. The number of amides is 3. The lowest BCUT2D eigenvalue weighted by atomic mass is 9.96. The van der Waals surface area contributed by atoms with Crippen LogP contribution in [0.15, 0.2) is 28.7 Å². The topological polar surface area (TPSA) is 61.4 Å². The Morgan fingerprint density at radius 2 is 2.00 bits per heavy atom. The number of benzene rings is 1. The lowest BCUT2D eigenvalue weighted by Gasteiger charge is -2.24. The van der Waals surface area contributed by atoms with E-state index in [-0.39, 0.29) is 18.0 Å². The normalized spacial score (nSPS) is 15.0. The number of anilines is 1. The molecule has 0 spiro atoms. The standard InChI is InChI=1S/C17H24BrN3O2/c1-13(22)21(16-9-5-6-14(18)12-16)11-10-19-17(23)20-15-7-3-2-4-8-15/h5-6,9,12,15H,2-4,7-8,10-11H2,1H3,(H2,19,20,23). The first-order chi connectivity index (χ1) is 11.1. The molecule has 0 heterocycles. The molecule has 0 bridgehead atoms. The van der Waals surface area contributed by atoms with Crippen molar-refractivity contribution >= 4 is 33.6 Å². The Morgan fingerprint density at radius 1 is 1.26 bits per heavy atom. The van der Waals surface area contributed by atoms with Crippen molar-refractivity contribution in [1.29, 1.82) is 0 Å². The van der Waals surface area contributed by atoms with Crippen LogP contribution in [-0.4, -0.2) is 31.1 Å². The summed E-state index contributed by atoms with van der Waals surface area (Å²) in [6.07, 6.45) is 5.76. The molecule has 0 saturated heterocycles. The van der Waals surface area contributed by atoms with Crippen molar-refractivity contribution in [3.63, 3.8) is 0 Å². The van der Waals surface area contributed by atoms with Gasteiger partial charge < -0.3 is 15.5 Å². The van der Waals surface area contributed by atoms with Crippen LogP contribution in [0.1, 0.15) is 39.0 Å². The van der Waals surface area contributed by atoms with E-state index in [4.69, 9.17) is 0 Å². The number of hydrogen-bond donors (Lipinski definition) is 2. The average molecular weight is 382 g/mol. The zero-order chi connectivity index (χ0) is 16.7. The molecule has 0 aromatic heterocycles. The molecule has 0 unspecified atom stereocenters. The van der Waals surface area contributed by atoms with Gasteiger partial charge in [-0.3, -0.25) is 4.79 Å². The summed E-state index contributed by atoms with van der Waals surface area (Å²) in [5.41, 5.74) is 0.821. The van der Waals surface area contributed by atoms with Crippen LogP contribution < -0.4 is 15.5 Å². The van der Waals surface area contributed by atoms with E-state index in [2.05, 4.69) is 26.6 Å². The van der Waals surface area contributed by atoms with Crippen molar-refractivity contribution in [3.05, 3.63) is 28.7 Å². The number of hydrogen-bond acceptors (Lipinski definition) is 2. The van der Waals surface area contributed by atoms with Crippen LogP contribution in [-0.2, 0) is 4.79 Å². The van der Waals surface area contributed by atoms with Gasteiger partial charge in [0.1, 0.15) is 0 Å². The summed E-state index contributed by atoms with van der Waals surface area (Å²) in [6, 6.07) is 7.72. The van der Waals surface area contributed by atoms with Gasteiger partial charge in [0.2, 0.25) is 5.91 Å². The lowest BCUT2D eigenvalue weighted by Crippen LogP contribution is -2.45. The summed E-state index contributed by atoms with van der Waals surface area (Å²) in [5, 5.41) is 5.85. The summed E-state index contributed by atoms with van der Waals surface area (Å²) in [7, 11) is 0. The third-order valence-electron chi connectivity index (χ3n) is 4.06. The predicted octanol–water partition coefficient (Wildman–Crippen LogP) is 3.43. The third kappa shape index (κ3) is 5.86. The fourth-order valence-corrected chi connectivity index (χ4v) is 3.26. The van der Waals surface area contributed by atoms with Crippen LogP contribution in [0, 0.1) is 0 Å². The molecular formula is C17H24BrN3O2. The Labute approximate surface area is 145 Å². The van der Waals surface area contributed by atoms with Crippen molar-refractivity contribution in [1.82, 2.24) is 10.6 Å². The largest absolute Gasteiger partial charge is 0.336 e. The van der Waals surface area contributed by atoms with Crippen LogP contribution in [0.2, 0.25) is 0 Å². The van der Waals surface area contributed by atoms with E-state index in [9.17, 15) is 9.59 Å². The second-order valence-corrected chi connectivity index (χ2v) is 6.80. The monoisotopic (exact) mass is 381 g/mol. The first kappa shape index (κ1) is 17.8. The number of halogens is 1. The quantitative estimate of drug-likeness (QED) is 0.820. The van der Waals surface area contributed by atoms with Crippen molar-refractivity contribution in [2.75, 3.05) is 18.0 Å². The minimum absolute atomic E-state index is 0.0439. The van der Waals surface area contributed by atoms with Gasteiger partial charge in [0.05, 0.1) is 0 Å². The van der Waals surface area contributed by atoms with Gasteiger partial charge in [-0.15, -0.1) is 0 Å². The summed E-state index contributed by atoms with van der Waals surface area (Å²) >= 11 is 3.41. The van der Waals surface area contributed by atoms with E-state index in [1.165, 1.54) is 26.2 Å². The molecule has 1 aliphatic rings. The Bertz CT molecular complexity index is 544. The number of urea groups is 1. The molecule has 3 amide bonds. The highest BCUT2D eigenvalue weighted by Gasteiger charge is 2.16. The summed E-state index contributed by atoms with van der Waals surface area (Å²) < 4.78 is 0.921. The Balaban J connectivity index is 1.80. The first-order valence-corrected chi connectivity index (χ1v) is 8.93. The highest BCUT2D eigenvalue weighted by Crippen LogP contribution is 2.20. The van der Waals surface area contributed by atoms with Crippen molar-refractivity contribution < 1.29 is 9.59 Å². The first-order valence-electron chi connectivity index (χ1n) is 8.14. The van der Waals surface area contributed by atoms with Gasteiger partial charge in [0, 0.05) is 36.2 Å². The molecule has 2 rings (SSSR count). The minimum atomic E-state index is -0.144. The number of carbonyl (C=O) groups is 2. The van der Waals surface area contributed by atoms with Gasteiger partial charge in [-0.2, -0.15) is 0 Å². The minimum Gasteiger partial charge on any atom is -0.336 e. The Kier molecular flexibility index (Phi) is 6.89. The predicted molar refractivity (Wildman–Crippen MR) is 95.6 cm³/mol. The molecule has 1 aromatic rings. The van der Waals surface area contributed by atoms with E-state index in [0.29, 0.717) is 13.1 Å². The Morgan fingerprint density at radius 3 is 2.65 bits per heavy atom. The second-order valence-electron chi connectivity index (χ2n) is 5.89. The molecule has 1 fully saturated rings. The van der Waals surface area contributed by atoms with Crippen LogP contribution in [0.5, 0.6) is 0 Å². The molecule has 0 aliphatic heterocycles. The van der Waals surface area contributed by atoms with Gasteiger partial charge in [-0.1, -0.05) is 41.3 Å². The maximum atomic E-state index is 11.9. The van der Waals surface area contributed by atoms with Crippen molar-refractivity contribution in [3.8, 4) is 0 Å². The maximum absolute atomic E-state index is 11.9. The van der Waals surface area contributed by atoms with Crippen molar-refractivity contribution in [2.45, 2.75) is 45.1 Å². The molecule has 1 saturated carbocycles. The fourth-order valence-electron chi connectivity index (χ4n) is 2.88. The molecule has 126 valence electrons. The lowest BCUT2D eigenvalue weighted by molar-refractivity contribution is -0.116. The number of rotatable bonds is 5. The van der Waals surface area contributed by atoms with E-state index >= 15 is 0 Å². The van der Waals surface area contributed by atoms with Crippen LogP contribution >= 0.6 is 15.9 Å². The fraction of sp³-hybridized carbons (Fsp3) is 0.529. The van der Waals surface area contributed by atoms with Gasteiger partial charge in [0.15, 0.2) is 0 Å². The molecule has 0 radical (unpaired) electrons. The highest BCUT2D eigenvalue weighted by molar-refractivity contribution is 9.10. The summed E-state index contributed by atoms with van der Waals surface area (Å²) in [4.78, 5) is 25.4. The Hall–Kier alpha value is -1.56. The molecule has 5 nitrogen and oxygen atoms in total. The maximum Gasteiger partial charge on any atom is 0.315 e. The molecule has 1 aliphatic carbocycles. The van der Waals surface area contributed by atoms with Crippen LogP contribution in [0.4, 0.5) is 10.5 Å². The molecule has 1 aromatic carbocycles. The molecule has 23 heavy (non-hydrogen) atoms. The third-order valence-corrected chi connectivity index (χ3v) is 4.55. The van der Waals surface area contributed by atoms with E-state index in [1.54, 1.807) is 4.90 Å². The zero-order valence-corrected chi connectivity index (χ0v) is 15.1. The van der Waals surface area contributed by atoms with Gasteiger partial charge in [-0.25, -0.2) is 4.79 Å². The number of carbonyl (C=O) groups excluding carboxylic acids is 2.